The second-order valence-corrected chi connectivity index (χ2v) is 8.72. The Morgan fingerprint density at radius 3 is 2.61 bits per heavy atom. The number of fused-ring (bicyclic) bond motifs is 1. The molecule has 0 aliphatic carbocycles. The maximum Gasteiger partial charge on any atom is 0.325 e. The van der Waals surface area contributed by atoms with Gasteiger partial charge >= 0.3 is 6.03 Å². The van der Waals surface area contributed by atoms with E-state index in [1.165, 1.54) is 4.88 Å². The number of thiophene rings is 1. The van der Waals surface area contributed by atoms with E-state index in [0.29, 0.717) is 30.4 Å². The molecule has 0 radical (unpaired) electrons. The number of nitrogens with zero attached hydrogens (tertiary/aromatic N) is 2. The van der Waals surface area contributed by atoms with Gasteiger partial charge in [-0.2, -0.15) is 0 Å². The van der Waals surface area contributed by atoms with Gasteiger partial charge in [0.25, 0.3) is 0 Å². The molecule has 0 saturated carbocycles. The van der Waals surface area contributed by atoms with E-state index in [0.717, 1.165) is 39.1 Å². The van der Waals surface area contributed by atoms with E-state index in [9.17, 15) is 9.59 Å². The minimum atomic E-state index is -0.553. The number of piperazine rings is 1. The number of anilines is 1. The monoisotopic (exact) mass is 444 g/mol. The number of nitrogens with one attached hydrogen (secondary N) is 2. The number of rotatable bonds is 6. The predicted octanol–water partition coefficient (Wildman–Crippen LogP) is 2.42. The highest BCUT2D eigenvalue weighted by molar-refractivity contribution is 7.09. The van der Waals surface area contributed by atoms with Gasteiger partial charge in [0, 0.05) is 49.4 Å². The molecule has 166 valence electrons. The summed E-state index contributed by atoms with van der Waals surface area (Å²) in [4.78, 5) is 30.8. The van der Waals surface area contributed by atoms with Gasteiger partial charge in [0.2, 0.25) is 5.91 Å². The number of carbonyl (C=O) groups excluding carboxylic acids is 2. The Morgan fingerprint density at radius 1 is 1.10 bits per heavy atom. The third-order valence-electron chi connectivity index (χ3n) is 5.63. The summed E-state index contributed by atoms with van der Waals surface area (Å²) in [5.74, 6) is 0.930. The zero-order valence-electron chi connectivity index (χ0n) is 17.6. The number of hydrogen-bond donors (Lipinski definition) is 2. The molecule has 4 rings (SSSR count). The van der Waals surface area contributed by atoms with Crippen molar-refractivity contribution in [3.8, 4) is 11.5 Å². The number of amides is 3. The van der Waals surface area contributed by atoms with Crippen LogP contribution in [-0.2, 0) is 11.2 Å². The van der Waals surface area contributed by atoms with Gasteiger partial charge in [-0.05, 0) is 36.9 Å². The van der Waals surface area contributed by atoms with Crippen molar-refractivity contribution in [3.05, 3.63) is 40.6 Å². The maximum atomic E-state index is 12.6. The molecule has 2 aromatic rings. The van der Waals surface area contributed by atoms with Crippen molar-refractivity contribution in [1.29, 1.82) is 0 Å². The van der Waals surface area contributed by atoms with Crippen molar-refractivity contribution in [3.63, 3.8) is 0 Å². The van der Waals surface area contributed by atoms with Gasteiger partial charge in [-0.25, -0.2) is 4.79 Å². The Hall–Kier alpha value is -2.62. The van der Waals surface area contributed by atoms with Crippen LogP contribution in [0.3, 0.4) is 0 Å². The average Bonchev–Trinajstić information content (AvgIpc) is 3.31. The molecule has 2 aliphatic rings. The molecule has 1 aromatic carbocycles. The molecule has 2 N–H and O–H groups in total. The van der Waals surface area contributed by atoms with Gasteiger partial charge in [0.15, 0.2) is 11.5 Å². The van der Waals surface area contributed by atoms with Crippen LogP contribution < -0.4 is 20.1 Å². The fourth-order valence-electron chi connectivity index (χ4n) is 3.76. The van der Waals surface area contributed by atoms with Crippen molar-refractivity contribution >= 4 is 29.0 Å². The molecule has 0 spiro atoms. The lowest BCUT2D eigenvalue weighted by molar-refractivity contribution is -0.125. The van der Waals surface area contributed by atoms with E-state index in [1.54, 1.807) is 29.5 Å². The number of benzene rings is 1. The van der Waals surface area contributed by atoms with E-state index in [-0.39, 0.29) is 11.9 Å². The largest absolute Gasteiger partial charge is 0.486 e. The van der Waals surface area contributed by atoms with Crippen molar-refractivity contribution in [2.24, 2.45) is 0 Å². The Labute approximate surface area is 186 Å². The van der Waals surface area contributed by atoms with Gasteiger partial charge in [-0.3, -0.25) is 15.0 Å². The third-order valence-corrected chi connectivity index (χ3v) is 6.56. The van der Waals surface area contributed by atoms with Crippen molar-refractivity contribution in [2.75, 3.05) is 51.3 Å². The molecule has 8 nitrogen and oxygen atoms in total. The van der Waals surface area contributed by atoms with E-state index in [2.05, 4.69) is 37.9 Å². The summed E-state index contributed by atoms with van der Waals surface area (Å²) in [6.07, 6.45) is 1.06. The topological polar surface area (TPSA) is 83.1 Å². The Bertz CT molecular complexity index is 897. The lowest BCUT2D eigenvalue weighted by Crippen LogP contribution is -2.55. The Morgan fingerprint density at radius 2 is 1.87 bits per heavy atom. The highest BCUT2D eigenvalue weighted by atomic mass is 32.1. The van der Waals surface area contributed by atoms with Crippen LogP contribution >= 0.6 is 11.3 Å². The second-order valence-electron chi connectivity index (χ2n) is 7.68. The van der Waals surface area contributed by atoms with Crippen LogP contribution in [-0.4, -0.2) is 73.7 Å². The number of ether oxygens (including phenoxy) is 2. The molecular formula is C22H28N4O4S. The summed E-state index contributed by atoms with van der Waals surface area (Å²) in [7, 11) is 0. The van der Waals surface area contributed by atoms with Crippen molar-refractivity contribution in [2.45, 2.75) is 19.4 Å². The Kier molecular flexibility index (Phi) is 7.06. The first-order valence-electron chi connectivity index (χ1n) is 10.6. The molecule has 3 heterocycles. The van der Waals surface area contributed by atoms with E-state index in [4.69, 9.17) is 9.47 Å². The van der Waals surface area contributed by atoms with Crippen LogP contribution in [0.2, 0.25) is 0 Å². The maximum absolute atomic E-state index is 12.6. The molecule has 1 aromatic heterocycles. The molecule has 0 bridgehead atoms. The summed E-state index contributed by atoms with van der Waals surface area (Å²) in [6, 6.07) is 8.49. The lowest BCUT2D eigenvalue weighted by atomic mass is 10.2. The molecule has 1 saturated heterocycles. The van der Waals surface area contributed by atoms with Gasteiger partial charge in [-0.15, -0.1) is 11.3 Å². The molecule has 1 atom stereocenters. The summed E-state index contributed by atoms with van der Waals surface area (Å²) in [5.41, 5.74) is 0.543. The highest BCUT2D eigenvalue weighted by Crippen LogP contribution is 2.32. The molecule has 31 heavy (non-hydrogen) atoms. The molecule has 1 fully saturated rings. The van der Waals surface area contributed by atoms with E-state index in [1.807, 2.05) is 6.92 Å². The quantitative estimate of drug-likeness (QED) is 0.712. The van der Waals surface area contributed by atoms with Crippen LogP contribution in [0, 0.1) is 0 Å². The zero-order chi connectivity index (χ0) is 21.6. The first-order chi connectivity index (χ1) is 15.1. The SMILES string of the molecule is CC(C(=O)NC(=O)Nc1ccc2c(c1)OCCO2)N1CCN(CCc2cccs2)CC1. The van der Waals surface area contributed by atoms with Gasteiger partial charge < -0.3 is 19.7 Å². The van der Waals surface area contributed by atoms with Crippen LogP contribution in [0.15, 0.2) is 35.7 Å². The number of hydrogen-bond acceptors (Lipinski definition) is 7. The van der Waals surface area contributed by atoms with E-state index >= 15 is 0 Å². The summed E-state index contributed by atoms with van der Waals surface area (Å²) < 4.78 is 11.0. The molecule has 1 unspecified atom stereocenters. The van der Waals surface area contributed by atoms with Gasteiger partial charge in [0.1, 0.15) is 13.2 Å². The minimum absolute atomic E-state index is 0.304. The van der Waals surface area contributed by atoms with Crippen LogP contribution in [0.25, 0.3) is 0 Å². The van der Waals surface area contributed by atoms with Crippen LogP contribution in [0.5, 0.6) is 11.5 Å². The van der Waals surface area contributed by atoms with Gasteiger partial charge in [0.05, 0.1) is 6.04 Å². The third kappa shape index (κ3) is 5.75. The smallest absolute Gasteiger partial charge is 0.325 e. The highest BCUT2D eigenvalue weighted by Gasteiger charge is 2.26. The van der Waals surface area contributed by atoms with Crippen LogP contribution in [0.4, 0.5) is 10.5 Å². The van der Waals surface area contributed by atoms with Gasteiger partial charge in [-0.1, -0.05) is 6.07 Å². The number of urea groups is 1. The number of carbonyl (C=O) groups is 2. The van der Waals surface area contributed by atoms with Crippen molar-refractivity contribution < 1.29 is 19.1 Å². The predicted molar refractivity (Wildman–Crippen MR) is 120 cm³/mol. The fraction of sp³-hybridized carbons (Fsp3) is 0.455. The zero-order valence-corrected chi connectivity index (χ0v) is 18.5. The lowest BCUT2D eigenvalue weighted by Gasteiger charge is -2.37. The average molecular weight is 445 g/mol. The first-order valence-corrected chi connectivity index (χ1v) is 11.5. The van der Waals surface area contributed by atoms with Crippen LogP contribution in [0.1, 0.15) is 11.8 Å². The standard InChI is InChI=1S/C22H28N4O4S/c1-16(26-10-8-25(9-11-26)7-6-18-3-2-14-31-18)21(27)24-22(28)23-17-4-5-19-20(15-17)30-13-12-29-19/h2-5,14-16H,6-13H2,1H3,(H2,23,24,27,28). The second kappa shape index (κ2) is 10.1. The first kappa shape index (κ1) is 21.6. The molecule has 9 heteroatoms. The van der Waals surface area contributed by atoms with E-state index < -0.39 is 6.03 Å². The summed E-state index contributed by atoms with van der Waals surface area (Å²) >= 11 is 1.79. The normalized spacial score (nSPS) is 17.7. The summed E-state index contributed by atoms with van der Waals surface area (Å²) in [6.45, 7) is 7.32. The molecule has 2 aliphatic heterocycles. The molecule has 3 amide bonds. The number of imide groups is 1. The minimum Gasteiger partial charge on any atom is -0.486 e. The fourth-order valence-corrected chi connectivity index (χ4v) is 4.46. The Balaban J connectivity index is 1.21. The molecular weight excluding hydrogens is 416 g/mol. The van der Waals surface area contributed by atoms with Crippen molar-refractivity contribution in [1.82, 2.24) is 15.1 Å². The summed E-state index contributed by atoms with van der Waals surface area (Å²) in [5, 5.41) is 7.24.